The van der Waals surface area contributed by atoms with Gasteiger partial charge in [-0.3, -0.25) is 9.59 Å². The van der Waals surface area contributed by atoms with E-state index in [0.717, 1.165) is 24.2 Å². The minimum absolute atomic E-state index is 0.0252. The van der Waals surface area contributed by atoms with Crippen molar-refractivity contribution in [3.63, 3.8) is 0 Å². The Hall–Kier alpha value is -2.41. The number of anilines is 1. The van der Waals surface area contributed by atoms with Gasteiger partial charge in [-0.15, -0.1) is 0 Å². The number of nitrogens with one attached hydrogen (secondary N) is 3. The van der Waals surface area contributed by atoms with Crippen LogP contribution in [0.25, 0.3) is 0 Å². The molecule has 0 aliphatic heterocycles. The molecule has 7 nitrogen and oxygen atoms in total. The van der Waals surface area contributed by atoms with Crippen LogP contribution in [0.15, 0.2) is 24.3 Å². The van der Waals surface area contributed by atoms with E-state index in [1.54, 1.807) is 31.3 Å². The summed E-state index contributed by atoms with van der Waals surface area (Å²) in [6, 6.07) is 6.89. The molecule has 0 bridgehead atoms. The summed E-state index contributed by atoms with van der Waals surface area (Å²) in [4.78, 5) is 36.3. The topological polar surface area (TPSA) is 88.9 Å². The zero-order chi connectivity index (χ0) is 18.2. The summed E-state index contributed by atoms with van der Waals surface area (Å²) in [5.74, 6) is -0.577. The van der Waals surface area contributed by atoms with E-state index in [4.69, 9.17) is 4.74 Å². The fourth-order valence-corrected chi connectivity index (χ4v) is 2.29. The van der Waals surface area contributed by atoms with Crippen LogP contribution >= 0.6 is 0 Å². The van der Waals surface area contributed by atoms with Gasteiger partial charge >= 0.3 is 5.97 Å². The summed E-state index contributed by atoms with van der Waals surface area (Å²) in [5, 5.41) is 5.67. The van der Waals surface area contributed by atoms with Crippen molar-refractivity contribution in [2.45, 2.75) is 32.2 Å². The van der Waals surface area contributed by atoms with E-state index in [-0.39, 0.29) is 30.9 Å². The Morgan fingerprint density at radius 1 is 1.12 bits per heavy atom. The Labute approximate surface area is 147 Å². The molecule has 1 aromatic carbocycles. The van der Waals surface area contributed by atoms with E-state index in [2.05, 4.69) is 10.6 Å². The molecule has 1 aliphatic carbocycles. The fourth-order valence-electron chi connectivity index (χ4n) is 2.29. The molecule has 1 atom stereocenters. The van der Waals surface area contributed by atoms with E-state index in [9.17, 15) is 14.4 Å². The molecule has 0 saturated heterocycles. The predicted octanol–water partition coefficient (Wildman–Crippen LogP) is -0.0148. The predicted molar refractivity (Wildman–Crippen MR) is 93.4 cm³/mol. The Bertz CT molecular complexity index is 611. The van der Waals surface area contributed by atoms with Gasteiger partial charge in [0.05, 0.1) is 19.2 Å². The molecule has 1 fully saturated rings. The Balaban J connectivity index is 1.75. The molecule has 2 amide bonds. The molecule has 25 heavy (non-hydrogen) atoms. The summed E-state index contributed by atoms with van der Waals surface area (Å²) in [7, 11) is 1.80. The van der Waals surface area contributed by atoms with Crippen LogP contribution in [0.5, 0.6) is 0 Å². The number of carbonyl (C=O) groups excluding carboxylic acids is 3. The molecule has 1 aromatic rings. The average molecular weight is 348 g/mol. The molecule has 3 N–H and O–H groups in total. The lowest BCUT2D eigenvalue weighted by Gasteiger charge is -2.13. The largest absolute Gasteiger partial charge is 0.462 e. The first-order chi connectivity index (χ1) is 12.0. The van der Waals surface area contributed by atoms with Crippen molar-refractivity contribution in [3.05, 3.63) is 29.8 Å². The fraction of sp³-hybridized carbons (Fsp3) is 0.500. The lowest BCUT2D eigenvalue weighted by molar-refractivity contribution is -0.862. The normalized spacial score (nSPS) is 14.5. The third-order valence-electron chi connectivity index (χ3n) is 3.71. The number of ether oxygens (including phenoxy) is 1. The highest BCUT2D eigenvalue weighted by molar-refractivity contribution is 5.93. The second-order valence-electron chi connectivity index (χ2n) is 6.41. The van der Waals surface area contributed by atoms with Crippen LogP contribution in [-0.2, 0) is 14.3 Å². The molecular weight excluding hydrogens is 322 g/mol. The molecule has 1 saturated carbocycles. The Kier molecular flexibility index (Phi) is 6.94. The molecule has 2 rings (SSSR count). The summed E-state index contributed by atoms with van der Waals surface area (Å²) < 4.78 is 5.05. The van der Waals surface area contributed by atoms with Crippen LogP contribution in [-0.4, -0.2) is 50.6 Å². The van der Waals surface area contributed by atoms with Crippen LogP contribution in [0, 0.1) is 0 Å². The van der Waals surface area contributed by atoms with Crippen LogP contribution in [0.4, 0.5) is 5.69 Å². The number of hydrogen-bond acceptors (Lipinski definition) is 4. The van der Waals surface area contributed by atoms with Crippen molar-refractivity contribution in [3.8, 4) is 0 Å². The summed E-state index contributed by atoms with van der Waals surface area (Å²) in [5.41, 5.74) is 1.05. The molecule has 0 aromatic heterocycles. The summed E-state index contributed by atoms with van der Waals surface area (Å²) >= 11 is 0. The smallest absolute Gasteiger partial charge is 0.338 e. The SMILES string of the molecule is CCCOC(=O)c1ccc(NC(=O)C[NH+](C)CC(=O)NC2CC2)cc1. The quantitative estimate of drug-likeness (QED) is 0.548. The first kappa shape index (κ1) is 18.9. The first-order valence-electron chi connectivity index (χ1n) is 8.65. The van der Waals surface area contributed by atoms with E-state index in [0.29, 0.717) is 23.9 Å². The van der Waals surface area contributed by atoms with Gasteiger partial charge in [0, 0.05) is 11.7 Å². The van der Waals surface area contributed by atoms with E-state index in [1.807, 2.05) is 6.92 Å². The number of carbonyl (C=O) groups is 3. The standard InChI is InChI=1S/C18H25N3O4/c1-3-10-25-18(24)13-4-6-14(7-5-13)19-16(22)11-21(2)12-17(23)20-15-8-9-15/h4-7,15H,3,8-12H2,1-2H3,(H,19,22)(H,20,23)/p+1. The van der Waals surface area contributed by atoms with Crippen molar-refractivity contribution in [1.82, 2.24) is 5.32 Å². The number of benzene rings is 1. The number of quaternary nitrogens is 1. The third kappa shape index (κ3) is 6.93. The van der Waals surface area contributed by atoms with E-state index in [1.165, 1.54) is 0 Å². The number of hydrogen-bond donors (Lipinski definition) is 3. The molecule has 1 aliphatic rings. The van der Waals surface area contributed by atoms with Gasteiger partial charge in [-0.1, -0.05) is 6.92 Å². The minimum Gasteiger partial charge on any atom is -0.462 e. The zero-order valence-electron chi connectivity index (χ0n) is 14.8. The Morgan fingerprint density at radius 2 is 1.76 bits per heavy atom. The number of rotatable bonds is 9. The van der Waals surface area contributed by atoms with Crippen LogP contribution in [0.2, 0.25) is 0 Å². The molecule has 136 valence electrons. The maximum Gasteiger partial charge on any atom is 0.338 e. The number of esters is 1. The van der Waals surface area contributed by atoms with E-state index >= 15 is 0 Å². The average Bonchev–Trinajstić information content (AvgIpc) is 3.36. The van der Waals surface area contributed by atoms with Crippen LogP contribution < -0.4 is 15.5 Å². The van der Waals surface area contributed by atoms with Gasteiger partial charge in [0.1, 0.15) is 0 Å². The van der Waals surface area contributed by atoms with E-state index < -0.39 is 0 Å². The van der Waals surface area contributed by atoms with Gasteiger partial charge in [-0.2, -0.15) is 0 Å². The molecule has 0 radical (unpaired) electrons. The Morgan fingerprint density at radius 3 is 2.36 bits per heavy atom. The second-order valence-corrected chi connectivity index (χ2v) is 6.41. The maximum atomic E-state index is 12.0. The van der Waals surface area contributed by atoms with Crippen molar-refractivity contribution in [2.24, 2.45) is 0 Å². The van der Waals surface area contributed by atoms with Gasteiger partial charge in [0.2, 0.25) is 0 Å². The highest BCUT2D eigenvalue weighted by atomic mass is 16.5. The summed E-state index contributed by atoms with van der Waals surface area (Å²) in [6.07, 6.45) is 2.87. The van der Waals surface area contributed by atoms with Crippen molar-refractivity contribution in [1.29, 1.82) is 0 Å². The zero-order valence-corrected chi connectivity index (χ0v) is 14.8. The van der Waals surface area contributed by atoms with Crippen molar-refractivity contribution < 1.29 is 24.0 Å². The van der Waals surface area contributed by atoms with Crippen LogP contribution in [0.3, 0.4) is 0 Å². The molecule has 0 heterocycles. The number of amides is 2. The van der Waals surface area contributed by atoms with Gasteiger partial charge in [0.25, 0.3) is 11.8 Å². The molecule has 7 heteroatoms. The first-order valence-corrected chi connectivity index (χ1v) is 8.65. The minimum atomic E-state index is -0.370. The van der Waals surface area contributed by atoms with Crippen LogP contribution in [0.1, 0.15) is 36.5 Å². The summed E-state index contributed by atoms with van der Waals surface area (Å²) in [6.45, 7) is 2.78. The monoisotopic (exact) mass is 348 g/mol. The van der Waals surface area contributed by atoms with Crippen molar-refractivity contribution in [2.75, 3.05) is 32.1 Å². The second kappa shape index (κ2) is 9.17. The third-order valence-corrected chi connectivity index (χ3v) is 3.71. The number of likely N-dealkylation sites (N-methyl/N-ethyl adjacent to an activating group) is 1. The molecule has 0 spiro atoms. The van der Waals surface area contributed by atoms with Gasteiger partial charge in [-0.25, -0.2) is 4.79 Å². The lowest BCUT2D eigenvalue weighted by Crippen LogP contribution is -3.11. The molecule has 1 unspecified atom stereocenters. The molecular formula is C18H26N3O4+. The van der Waals surface area contributed by atoms with Gasteiger partial charge in [-0.05, 0) is 43.5 Å². The van der Waals surface area contributed by atoms with Gasteiger partial charge < -0.3 is 20.3 Å². The highest BCUT2D eigenvalue weighted by Crippen LogP contribution is 2.18. The maximum absolute atomic E-state index is 12.0. The lowest BCUT2D eigenvalue weighted by atomic mass is 10.2. The van der Waals surface area contributed by atoms with Crippen molar-refractivity contribution >= 4 is 23.5 Å². The highest BCUT2D eigenvalue weighted by Gasteiger charge is 2.24. The van der Waals surface area contributed by atoms with Gasteiger partial charge in [0.15, 0.2) is 13.1 Å².